The molecule has 0 spiro atoms. The summed E-state index contributed by atoms with van der Waals surface area (Å²) in [5, 5.41) is 2.44. The van der Waals surface area contributed by atoms with Gasteiger partial charge >= 0.3 is 0 Å². The Morgan fingerprint density at radius 3 is 1.94 bits per heavy atom. The van der Waals surface area contributed by atoms with Crippen molar-refractivity contribution in [2.24, 2.45) is 5.73 Å². The lowest BCUT2D eigenvalue weighted by Crippen LogP contribution is -2.59. The van der Waals surface area contributed by atoms with Crippen molar-refractivity contribution in [3.05, 3.63) is 0 Å². The zero-order chi connectivity index (χ0) is 12.0. The number of nitrogens with zero attached hydrogens (tertiary/aromatic N) is 1. The first-order valence-electron chi connectivity index (χ1n) is 7.57. The molecular weight excluding hydrogens is 210 g/mol. The van der Waals surface area contributed by atoms with E-state index in [9.17, 15) is 0 Å². The van der Waals surface area contributed by atoms with Crippen molar-refractivity contribution in [1.29, 1.82) is 0 Å². The molecule has 0 aromatic carbocycles. The van der Waals surface area contributed by atoms with Gasteiger partial charge in [-0.05, 0) is 25.7 Å². The average molecular weight is 239 g/mol. The van der Waals surface area contributed by atoms with Crippen molar-refractivity contribution in [1.82, 2.24) is 10.4 Å². The molecule has 1 saturated carbocycles. The monoisotopic (exact) mass is 239 g/mol. The van der Waals surface area contributed by atoms with Crippen LogP contribution in [0.5, 0.6) is 0 Å². The summed E-state index contributed by atoms with van der Waals surface area (Å²) in [5.41, 5.74) is 10.1. The molecule has 0 atom stereocenters. The molecule has 0 bridgehead atoms. The van der Waals surface area contributed by atoms with Gasteiger partial charge in [0.15, 0.2) is 0 Å². The molecule has 2 rings (SSSR count). The Morgan fingerprint density at radius 2 is 1.35 bits per heavy atom. The van der Waals surface area contributed by atoms with Crippen molar-refractivity contribution >= 4 is 0 Å². The van der Waals surface area contributed by atoms with E-state index in [0.29, 0.717) is 0 Å². The highest BCUT2D eigenvalue weighted by Crippen LogP contribution is 2.26. The first-order valence-corrected chi connectivity index (χ1v) is 7.57. The molecule has 0 aromatic rings. The highest BCUT2D eigenvalue weighted by molar-refractivity contribution is 4.89. The van der Waals surface area contributed by atoms with Gasteiger partial charge in [-0.15, -0.1) is 0 Å². The molecule has 3 nitrogen and oxygen atoms in total. The molecule has 1 heterocycles. The van der Waals surface area contributed by atoms with Crippen LogP contribution >= 0.6 is 0 Å². The fourth-order valence-electron chi connectivity index (χ4n) is 3.28. The maximum absolute atomic E-state index is 6.09. The largest absolute Gasteiger partial charge is 0.329 e. The molecule has 100 valence electrons. The topological polar surface area (TPSA) is 41.3 Å². The first kappa shape index (κ1) is 13.3. The van der Waals surface area contributed by atoms with E-state index < -0.39 is 0 Å². The van der Waals surface area contributed by atoms with Crippen LogP contribution in [0.25, 0.3) is 0 Å². The predicted molar refractivity (Wildman–Crippen MR) is 72.7 cm³/mol. The third-order valence-corrected chi connectivity index (χ3v) is 4.45. The summed E-state index contributed by atoms with van der Waals surface area (Å²) in [6, 6.07) is 0. The quantitative estimate of drug-likeness (QED) is 0.795. The zero-order valence-electron chi connectivity index (χ0n) is 11.2. The molecule has 2 fully saturated rings. The Balaban J connectivity index is 1.90. The van der Waals surface area contributed by atoms with Gasteiger partial charge in [0.05, 0.1) is 0 Å². The van der Waals surface area contributed by atoms with E-state index in [-0.39, 0.29) is 5.54 Å². The summed E-state index contributed by atoms with van der Waals surface area (Å²) >= 11 is 0. The molecule has 0 amide bonds. The summed E-state index contributed by atoms with van der Waals surface area (Å²) in [4.78, 5) is 0. The van der Waals surface area contributed by atoms with Crippen LogP contribution in [0, 0.1) is 0 Å². The van der Waals surface area contributed by atoms with Gasteiger partial charge < -0.3 is 5.73 Å². The number of hydrazine groups is 1. The van der Waals surface area contributed by atoms with E-state index in [1.54, 1.807) is 0 Å². The zero-order valence-corrected chi connectivity index (χ0v) is 11.2. The standard InChI is InChI=1S/C14H29N3/c15-13-14(9-5-2-1-3-6-10-14)16-17-11-7-4-8-12-17/h16H,1-13,15H2. The smallest absolute Gasteiger partial charge is 0.0448 e. The van der Waals surface area contributed by atoms with Gasteiger partial charge in [-0.3, -0.25) is 0 Å². The van der Waals surface area contributed by atoms with Crippen LogP contribution in [-0.4, -0.2) is 30.2 Å². The van der Waals surface area contributed by atoms with Gasteiger partial charge in [-0.1, -0.05) is 38.5 Å². The highest BCUT2D eigenvalue weighted by Gasteiger charge is 2.30. The second-order valence-electron chi connectivity index (χ2n) is 5.91. The Labute approximate surface area is 106 Å². The number of nitrogens with two attached hydrogens (primary N) is 1. The van der Waals surface area contributed by atoms with E-state index in [4.69, 9.17) is 5.73 Å². The van der Waals surface area contributed by atoms with Crippen LogP contribution in [-0.2, 0) is 0 Å². The summed E-state index contributed by atoms with van der Waals surface area (Å²) in [6.45, 7) is 3.22. The predicted octanol–water partition coefficient (Wildman–Crippen LogP) is 2.42. The molecule has 3 N–H and O–H groups in total. The average Bonchev–Trinajstić information content (AvgIpc) is 2.34. The summed E-state index contributed by atoms with van der Waals surface area (Å²) < 4.78 is 0. The molecule has 1 aliphatic heterocycles. The van der Waals surface area contributed by atoms with Crippen molar-refractivity contribution in [3.63, 3.8) is 0 Å². The van der Waals surface area contributed by atoms with Gasteiger partial charge in [-0.25, -0.2) is 10.4 Å². The maximum Gasteiger partial charge on any atom is 0.0448 e. The number of piperidine rings is 1. The van der Waals surface area contributed by atoms with Gasteiger partial charge in [0.1, 0.15) is 0 Å². The van der Waals surface area contributed by atoms with Crippen molar-refractivity contribution in [2.75, 3.05) is 19.6 Å². The Hall–Kier alpha value is -0.120. The minimum absolute atomic E-state index is 0.206. The normalized spacial score (nSPS) is 27.4. The summed E-state index contributed by atoms with van der Waals surface area (Å²) in [6.07, 6.45) is 13.5. The number of hydrogen-bond donors (Lipinski definition) is 2. The Kier molecular flexibility index (Phi) is 5.26. The second-order valence-corrected chi connectivity index (χ2v) is 5.91. The lowest BCUT2D eigenvalue weighted by Gasteiger charge is -2.41. The van der Waals surface area contributed by atoms with Crippen LogP contribution in [0.3, 0.4) is 0 Å². The van der Waals surface area contributed by atoms with Gasteiger partial charge in [0, 0.05) is 25.2 Å². The van der Waals surface area contributed by atoms with Gasteiger partial charge in [0.25, 0.3) is 0 Å². The van der Waals surface area contributed by atoms with Crippen LogP contribution in [0.2, 0.25) is 0 Å². The summed E-state index contributed by atoms with van der Waals surface area (Å²) in [7, 11) is 0. The molecule has 3 heteroatoms. The Bertz CT molecular complexity index is 204. The van der Waals surface area contributed by atoms with E-state index in [1.165, 1.54) is 77.3 Å². The minimum Gasteiger partial charge on any atom is -0.329 e. The van der Waals surface area contributed by atoms with E-state index >= 15 is 0 Å². The van der Waals surface area contributed by atoms with Crippen LogP contribution in [0.4, 0.5) is 0 Å². The lowest BCUT2D eigenvalue weighted by molar-refractivity contribution is 0.0677. The molecule has 0 unspecified atom stereocenters. The van der Waals surface area contributed by atoms with Crippen LogP contribution in [0.15, 0.2) is 0 Å². The number of rotatable bonds is 3. The number of nitrogens with one attached hydrogen (secondary N) is 1. The molecule has 1 aliphatic carbocycles. The minimum atomic E-state index is 0.206. The van der Waals surface area contributed by atoms with Crippen LogP contribution in [0.1, 0.15) is 64.2 Å². The van der Waals surface area contributed by atoms with Crippen LogP contribution < -0.4 is 11.2 Å². The van der Waals surface area contributed by atoms with Gasteiger partial charge in [-0.2, -0.15) is 0 Å². The molecule has 2 aliphatic rings. The molecule has 0 aromatic heterocycles. The third-order valence-electron chi connectivity index (χ3n) is 4.45. The molecule has 1 saturated heterocycles. The summed E-state index contributed by atoms with van der Waals surface area (Å²) in [5.74, 6) is 0. The van der Waals surface area contributed by atoms with Crippen molar-refractivity contribution in [3.8, 4) is 0 Å². The Morgan fingerprint density at radius 1 is 0.824 bits per heavy atom. The fraction of sp³-hybridized carbons (Fsp3) is 1.00. The van der Waals surface area contributed by atoms with E-state index in [2.05, 4.69) is 10.4 Å². The van der Waals surface area contributed by atoms with Crippen molar-refractivity contribution in [2.45, 2.75) is 69.7 Å². The first-order chi connectivity index (χ1) is 8.35. The second kappa shape index (κ2) is 6.72. The molecule has 0 radical (unpaired) electrons. The van der Waals surface area contributed by atoms with Crippen molar-refractivity contribution < 1.29 is 0 Å². The SMILES string of the molecule is NCC1(NN2CCCCC2)CCCCCCC1. The third kappa shape index (κ3) is 3.94. The van der Waals surface area contributed by atoms with Gasteiger partial charge in [0.2, 0.25) is 0 Å². The number of hydrogen-bond acceptors (Lipinski definition) is 3. The van der Waals surface area contributed by atoms with E-state index in [1.807, 2.05) is 0 Å². The highest BCUT2D eigenvalue weighted by atomic mass is 15.5. The molecular formula is C14H29N3. The molecule has 17 heavy (non-hydrogen) atoms. The maximum atomic E-state index is 6.09. The van der Waals surface area contributed by atoms with E-state index in [0.717, 1.165) is 6.54 Å². The fourth-order valence-corrected chi connectivity index (χ4v) is 3.28. The lowest BCUT2D eigenvalue weighted by atomic mass is 9.84.